The van der Waals surface area contributed by atoms with Crippen molar-refractivity contribution in [1.82, 2.24) is 0 Å². The number of anilines is 1. The van der Waals surface area contributed by atoms with Gasteiger partial charge in [0.15, 0.2) is 0 Å². The predicted octanol–water partition coefficient (Wildman–Crippen LogP) is 2.26. The Balaban J connectivity index is 2.14. The lowest BCUT2D eigenvalue weighted by molar-refractivity contribution is -0.134. The zero-order chi connectivity index (χ0) is 13.8. The molecule has 1 fully saturated rings. The molecule has 1 aliphatic heterocycles. The van der Waals surface area contributed by atoms with Crippen molar-refractivity contribution in [2.75, 3.05) is 24.7 Å². The third-order valence-electron chi connectivity index (χ3n) is 3.25. The van der Waals surface area contributed by atoms with Gasteiger partial charge in [0.05, 0.1) is 6.61 Å². The normalized spacial score (nSPS) is 19.8. The number of aliphatic hydroxyl groups excluding tert-OH is 1. The zero-order valence-electron chi connectivity index (χ0n) is 10.9. The second kappa shape index (κ2) is 6.50. The maximum absolute atomic E-state index is 12.3. The molecule has 1 unspecified atom stereocenters. The Hall–Kier alpha value is -0.910. The van der Waals surface area contributed by atoms with Crippen LogP contribution in [0.5, 0.6) is 0 Å². The summed E-state index contributed by atoms with van der Waals surface area (Å²) >= 11 is 3.46. The van der Waals surface area contributed by atoms with Gasteiger partial charge in [0.2, 0.25) is 0 Å². The van der Waals surface area contributed by atoms with Gasteiger partial charge in [-0.3, -0.25) is 4.79 Å². The highest BCUT2D eigenvalue weighted by Crippen LogP contribution is 2.25. The first-order valence-corrected chi connectivity index (χ1v) is 7.23. The van der Waals surface area contributed by atoms with E-state index in [0.29, 0.717) is 26.0 Å². The summed E-state index contributed by atoms with van der Waals surface area (Å²) in [7, 11) is 0. The van der Waals surface area contributed by atoms with Crippen LogP contribution < -0.4 is 4.90 Å². The predicted molar refractivity (Wildman–Crippen MR) is 77.3 cm³/mol. The number of amides is 1. The fourth-order valence-corrected chi connectivity index (χ4v) is 2.42. The fourth-order valence-electron chi connectivity index (χ4n) is 2.18. The number of benzene rings is 1. The number of hydrogen-bond acceptors (Lipinski definition) is 3. The third-order valence-corrected chi connectivity index (χ3v) is 4.14. The van der Waals surface area contributed by atoms with Gasteiger partial charge in [-0.05, 0) is 43.5 Å². The lowest BCUT2D eigenvalue weighted by atomic mass is 10.1. The van der Waals surface area contributed by atoms with E-state index in [9.17, 15) is 4.79 Å². The first-order valence-electron chi connectivity index (χ1n) is 6.43. The molecule has 1 aromatic carbocycles. The van der Waals surface area contributed by atoms with Crippen LogP contribution in [0.1, 0.15) is 18.4 Å². The molecule has 1 amide bonds. The SMILES string of the molecule is Cc1cc(N2CCOC(CCCO)C2=O)ccc1Br. The number of ether oxygens (including phenoxy) is 1. The summed E-state index contributed by atoms with van der Waals surface area (Å²) in [5.74, 6) is -0.0126. The Morgan fingerprint density at radius 3 is 3.00 bits per heavy atom. The summed E-state index contributed by atoms with van der Waals surface area (Å²) in [6.45, 7) is 3.21. The smallest absolute Gasteiger partial charge is 0.256 e. The summed E-state index contributed by atoms with van der Waals surface area (Å²) in [5, 5.41) is 8.85. The van der Waals surface area contributed by atoms with E-state index in [0.717, 1.165) is 15.7 Å². The second-order valence-electron chi connectivity index (χ2n) is 4.65. The Kier molecular flexibility index (Phi) is 4.96. The maximum atomic E-state index is 12.3. The highest BCUT2D eigenvalue weighted by molar-refractivity contribution is 9.10. The van der Waals surface area contributed by atoms with Crippen LogP contribution in [-0.4, -0.2) is 36.9 Å². The van der Waals surface area contributed by atoms with Crippen LogP contribution in [0.4, 0.5) is 5.69 Å². The Morgan fingerprint density at radius 1 is 1.53 bits per heavy atom. The van der Waals surface area contributed by atoms with E-state index in [2.05, 4.69) is 15.9 Å². The average Bonchev–Trinajstić information content (AvgIpc) is 2.41. The minimum absolute atomic E-state index is 0.0126. The van der Waals surface area contributed by atoms with Crippen LogP contribution in [0.15, 0.2) is 22.7 Å². The summed E-state index contributed by atoms with van der Waals surface area (Å²) in [4.78, 5) is 14.1. The van der Waals surface area contributed by atoms with E-state index in [4.69, 9.17) is 9.84 Å². The summed E-state index contributed by atoms with van der Waals surface area (Å²) in [6.07, 6.45) is 0.732. The number of hydrogen-bond donors (Lipinski definition) is 1. The van der Waals surface area contributed by atoms with Crippen molar-refractivity contribution in [3.63, 3.8) is 0 Å². The molecule has 1 saturated heterocycles. The maximum Gasteiger partial charge on any atom is 0.256 e. The number of nitrogens with zero attached hydrogens (tertiary/aromatic N) is 1. The van der Waals surface area contributed by atoms with Gasteiger partial charge < -0.3 is 14.7 Å². The van der Waals surface area contributed by atoms with E-state index in [-0.39, 0.29) is 12.5 Å². The van der Waals surface area contributed by atoms with Crippen molar-refractivity contribution in [3.8, 4) is 0 Å². The zero-order valence-corrected chi connectivity index (χ0v) is 12.5. The number of morpholine rings is 1. The van der Waals surface area contributed by atoms with Gasteiger partial charge in [0.25, 0.3) is 5.91 Å². The molecule has 0 spiro atoms. The number of rotatable bonds is 4. The molecule has 0 radical (unpaired) electrons. The number of carbonyl (C=O) groups excluding carboxylic acids is 1. The average molecular weight is 328 g/mol. The largest absolute Gasteiger partial charge is 0.396 e. The monoisotopic (exact) mass is 327 g/mol. The number of halogens is 1. The quantitative estimate of drug-likeness (QED) is 0.922. The van der Waals surface area contributed by atoms with Crippen molar-refractivity contribution in [2.45, 2.75) is 25.9 Å². The Bertz CT molecular complexity index is 464. The van der Waals surface area contributed by atoms with Crippen LogP contribution in [0, 0.1) is 6.92 Å². The van der Waals surface area contributed by atoms with Gasteiger partial charge in [-0.2, -0.15) is 0 Å². The molecule has 4 nitrogen and oxygen atoms in total. The van der Waals surface area contributed by atoms with Gasteiger partial charge in [0.1, 0.15) is 6.10 Å². The minimum Gasteiger partial charge on any atom is -0.396 e. The summed E-state index contributed by atoms with van der Waals surface area (Å²) in [5.41, 5.74) is 2.01. The Labute approximate surface area is 121 Å². The van der Waals surface area contributed by atoms with E-state index in [1.807, 2.05) is 25.1 Å². The first-order chi connectivity index (χ1) is 9.13. The molecule has 0 saturated carbocycles. The number of aryl methyl sites for hydroxylation is 1. The Morgan fingerprint density at radius 2 is 2.32 bits per heavy atom. The molecule has 19 heavy (non-hydrogen) atoms. The molecule has 0 bridgehead atoms. The van der Waals surface area contributed by atoms with Crippen molar-refractivity contribution in [3.05, 3.63) is 28.2 Å². The van der Waals surface area contributed by atoms with Gasteiger partial charge in [-0.1, -0.05) is 15.9 Å². The van der Waals surface area contributed by atoms with Crippen LogP contribution in [0.2, 0.25) is 0 Å². The molecule has 0 aromatic heterocycles. The van der Waals surface area contributed by atoms with Crippen molar-refractivity contribution < 1.29 is 14.6 Å². The topological polar surface area (TPSA) is 49.8 Å². The molecule has 1 aliphatic rings. The number of carbonyl (C=O) groups is 1. The van der Waals surface area contributed by atoms with Gasteiger partial charge in [-0.25, -0.2) is 0 Å². The molecule has 1 atom stereocenters. The van der Waals surface area contributed by atoms with E-state index < -0.39 is 6.10 Å². The lowest BCUT2D eigenvalue weighted by Gasteiger charge is -2.32. The molecular formula is C14H18BrNO3. The van der Waals surface area contributed by atoms with Crippen LogP contribution in [0.3, 0.4) is 0 Å². The first kappa shape index (κ1) is 14.5. The second-order valence-corrected chi connectivity index (χ2v) is 5.50. The van der Waals surface area contributed by atoms with Crippen molar-refractivity contribution in [1.29, 1.82) is 0 Å². The van der Waals surface area contributed by atoms with Crippen LogP contribution in [0.25, 0.3) is 0 Å². The molecule has 1 aromatic rings. The van der Waals surface area contributed by atoms with Gasteiger partial charge in [-0.15, -0.1) is 0 Å². The van der Waals surface area contributed by atoms with Gasteiger partial charge in [0, 0.05) is 23.3 Å². The van der Waals surface area contributed by atoms with Crippen LogP contribution in [-0.2, 0) is 9.53 Å². The molecular weight excluding hydrogens is 310 g/mol. The molecule has 5 heteroatoms. The summed E-state index contributed by atoms with van der Waals surface area (Å²) < 4.78 is 6.52. The van der Waals surface area contributed by atoms with E-state index >= 15 is 0 Å². The van der Waals surface area contributed by atoms with Crippen molar-refractivity contribution in [2.24, 2.45) is 0 Å². The molecule has 1 N–H and O–H groups in total. The highest BCUT2D eigenvalue weighted by atomic mass is 79.9. The molecule has 1 heterocycles. The number of aliphatic hydroxyl groups is 1. The standard InChI is InChI=1S/C14H18BrNO3/c1-10-9-11(4-5-12(10)15)16-6-8-19-13(14(16)18)3-2-7-17/h4-5,9,13,17H,2-3,6-8H2,1H3. The molecule has 0 aliphatic carbocycles. The van der Waals surface area contributed by atoms with E-state index in [1.54, 1.807) is 4.90 Å². The fraction of sp³-hybridized carbons (Fsp3) is 0.500. The highest BCUT2D eigenvalue weighted by Gasteiger charge is 2.30. The van der Waals surface area contributed by atoms with Crippen molar-refractivity contribution >= 4 is 27.5 Å². The lowest BCUT2D eigenvalue weighted by Crippen LogP contribution is -2.48. The molecule has 104 valence electrons. The minimum atomic E-state index is -0.426. The molecule has 2 rings (SSSR count). The van der Waals surface area contributed by atoms with Gasteiger partial charge >= 0.3 is 0 Å². The van der Waals surface area contributed by atoms with E-state index in [1.165, 1.54) is 0 Å². The third kappa shape index (κ3) is 3.35. The van der Waals surface area contributed by atoms with Crippen LogP contribution >= 0.6 is 15.9 Å². The summed E-state index contributed by atoms with van der Waals surface area (Å²) in [6, 6.07) is 5.88.